The van der Waals surface area contributed by atoms with Crippen molar-refractivity contribution in [3.63, 3.8) is 0 Å². The van der Waals surface area contributed by atoms with Crippen LogP contribution in [-0.4, -0.2) is 30.5 Å². The molecule has 1 aromatic carbocycles. The zero-order valence-electron chi connectivity index (χ0n) is 14.5. The van der Waals surface area contributed by atoms with E-state index in [0.29, 0.717) is 16.9 Å². The molecule has 0 bridgehead atoms. The Morgan fingerprint density at radius 1 is 1.26 bits per heavy atom. The van der Waals surface area contributed by atoms with E-state index in [1.807, 2.05) is 13.8 Å². The van der Waals surface area contributed by atoms with Crippen LogP contribution in [0.5, 0.6) is 0 Å². The molecule has 0 atom stereocenters. The number of benzene rings is 1. The van der Waals surface area contributed by atoms with E-state index >= 15 is 0 Å². The third-order valence-corrected chi connectivity index (χ3v) is 5.17. The van der Waals surface area contributed by atoms with Crippen molar-refractivity contribution < 1.29 is 13.6 Å². The van der Waals surface area contributed by atoms with Crippen molar-refractivity contribution in [3.05, 3.63) is 47.0 Å². The topological polar surface area (TPSA) is 85.1 Å². The molecule has 10 heteroatoms. The molecule has 0 radical (unpaired) electrons. The van der Waals surface area contributed by atoms with Gasteiger partial charge in [-0.15, -0.1) is 0 Å². The number of aromatic nitrogens is 5. The highest BCUT2D eigenvalue weighted by Gasteiger charge is 2.15. The number of fused-ring (bicyclic) bond motifs is 2. The second-order valence-electron chi connectivity index (χ2n) is 6.03. The van der Waals surface area contributed by atoms with Gasteiger partial charge in [0.2, 0.25) is 5.91 Å². The molecule has 0 unspecified atom stereocenters. The Morgan fingerprint density at radius 3 is 2.89 bits per heavy atom. The number of nitrogens with one attached hydrogen (secondary N) is 1. The standard InChI is InChI=1S/C17H14F2N6OS/c1-8-11(9(2)25-16(22-8)20-7-21-25)3-4-14(26)23-17-24-15-12(19)5-10(18)6-13(15)27-17/h5-7H,3-4H2,1-2H3,(H,23,24,26). The molecule has 0 aliphatic heterocycles. The highest BCUT2D eigenvalue weighted by atomic mass is 32.1. The van der Waals surface area contributed by atoms with Crippen LogP contribution >= 0.6 is 11.3 Å². The number of nitrogens with zero attached hydrogens (tertiary/aromatic N) is 5. The Hall–Kier alpha value is -3.01. The van der Waals surface area contributed by atoms with Gasteiger partial charge in [0.1, 0.15) is 17.7 Å². The number of hydrogen-bond donors (Lipinski definition) is 1. The van der Waals surface area contributed by atoms with E-state index in [1.54, 1.807) is 4.52 Å². The quantitative estimate of drug-likeness (QED) is 0.580. The number of halogens is 2. The number of amides is 1. The summed E-state index contributed by atoms with van der Waals surface area (Å²) in [6.45, 7) is 3.76. The summed E-state index contributed by atoms with van der Waals surface area (Å²) in [6.07, 6.45) is 2.08. The van der Waals surface area contributed by atoms with Gasteiger partial charge in [-0.1, -0.05) is 11.3 Å². The molecule has 1 amide bonds. The molecule has 0 saturated heterocycles. The van der Waals surface area contributed by atoms with Crippen molar-refractivity contribution in [3.8, 4) is 0 Å². The molecule has 3 aromatic heterocycles. The molecule has 27 heavy (non-hydrogen) atoms. The van der Waals surface area contributed by atoms with Crippen LogP contribution in [-0.2, 0) is 11.2 Å². The summed E-state index contributed by atoms with van der Waals surface area (Å²) in [7, 11) is 0. The fraction of sp³-hybridized carbons (Fsp3) is 0.235. The lowest BCUT2D eigenvalue weighted by Gasteiger charge is -2.10. The van der Waals surface area contributed by atoms with Crippen LogP contribution in [0.3, 0.4) is 0 Å². The molecule has 4 aromatic rings. The molecule has 138 valence electrons. The van der Waals surface area contributed by atoms with E-state index < -0.39 is 11.6 Å². The molecule has 3 heterocycles. The first-order valence-electron chi connectivity index (χ1n) is 8.13. The minimum Gasteiger partial charge on any atom is -0.302 e. The maximum Gasteiger partial charge on any atom is 0.252 e. The van der Waals surface area contributed by atoms with Crippen molar-refractivity contribution in [1.29, 1.82) is 0 Å². The van der Waals surface area contributed by atoms with Crippen LogP contribution in [0.1, 0.15) is 23.4 Å². The van der Waals surface area contributed by atoms with Crippen LogP contribution < -0.4 is 5.32 Å². The van der Waals surface area contributed by atoms with E-state index in [9.17, 15) is 13.6 Å². The lowest BCUT2D eigenvalue weighted by atomic mass is 10.1. The van der Waals surface area contributed by atoms with E-state index in [-0.39, 0.29) is 23.0 Å². The Balaban J connectivity index is 1.50. The fourth-order valence-electron chi connectivity index (χ4n) is 2.95. The molecule has 7 nitrogen and oxygen atoms in total. The summed E-state index contributed by atoms with van der Waals surface area (Å²) >= 11 is 1.03. The lowest BCUT2D eigenvalue weighted by Crippen LogP contribution is -2.14. The summed E-state index contributed by atoms with van der Waals surface area (Å²) in [5.41, 5.74) is 2.63. The molecule has 0 fully saturated rings. The zero-order valence-corrected chi connectivity index (χ0v) is 15.3. The van der Waals surface area contributed by atoms with Gasteiger partial charge in [0, 0.05) is 23.9 Å². The Kier molecular flexibility index (Phi) is 4.27. The largest absolute Gasteiger partial charge is 0.302 e. The van der Waals surface area contributed by atoms with E-state index in [2.05, 4.69) is 25.4 Å². The summed E-state index contributed by atoms with van der Waals surface area (Å²) in [4.78, 5) is 24.7. The zero-order chi connectivity index (χ0) is 19.1. The molecular weight excluding hydrogens is 374 g/mol. The first-order chi connectivity index (χ1) is 12.9. The van der Waals surface area contributed by atoms with Gasteiger partial charge in [-0.3, -0.25) is 4.79 Å². The lowest BCUT2D eigenvalue weighted by molar-refractivity contribution is -0.116. The molecule has 0 saturated carbocycles. The smallest absolute Gasteiger partial charge is 0.252 e. The van der Waals surface area contributed by atoms with Gasteiger partial charge in [-0.25, -0.2) is 23.3 Å². The van der Waals surface area contributed by atoms with Gasteiger partial charge >= 0.3 is 0 Å². The van der Waals surface area contributed by atoms with E-state index in [4.69, 9.17) is 0 Å². The Labute approximate surface area is 156 Å². The van der Waals surface area contributed by atoms with Crippen LogP contribution in [0.2, 0.25) is 0 Å². The first kappa shape index (κ1) is 17.4. The minimum absolute atomic E-state index is 0.0456. The second-order valence-corrected chi connectivity index (χ2v) is 7.07. The Bertz CT molecular complexity index is 1190. The number of carbonyl (C=O) groups excluding carboxylic acids is 1. The van der Waals surface area contributed by atoms with Gasteiger partial charge in [0.05, 0.1) is 4.70 Å². The van der Waals surface area contributed by atoms with Crippen molar-refractivity contribution in [2.24, 2.45) is 0 Å². The predicted molar refractivity (Wildman–Crippen MR) is 96.7 cm³/mol. The van der Waals surface area contributed by atoms with Crippen molar-refractivity contribution in [1.82, 2.24) is 24.6 Å². The van der Waals surface area contributed by atoms with Gasteiger partial charge in [0.25, 0.3) is 5.78 Å². The van der Waals surface area contributed by atoms with Gasteiger partial charge in [-0.05, 0) is 31.9 Å². The fourth-order valence-corrected chi connectivity index (χ4v) is 3.87. The molecular formula is C17H14F2N6OS. The molecule has 0 spiro atoms. The van der Waals surface area contributed by atoms with E-state index in [0.717, 1.165) is 34.4 Å². The summed E-state index contributed by atoms with van der Waals surface area (Å²) < 4.78 is 29.0. The Morgan fingerprint density at radius 2 is 2.07 bits per heavy atom. The van der Waals surface area contributed by atoms with Crippen LogP contribution in [0, 0.1) is 25.5 Å². The highest BCUT2D eigenvalue weighted by Crippen LogP contribution is 2.28. The maximum absolute atomic E-state index is 13.7. The average molecular weight is 388 g/mol. The maximum atomic E-state index is 13.7. The number of carbonyl (C=O) groups is 1. The van der Waals surface area contributed by atoms with Crippen LogP contribution in [0.25, 0.3) is 16.0 Å². The molecule has 0 aliphatic carbocycles. The van der Waals surface area contributed by atoms with Crippen molar-refractivity contribution in [2.45, 2.75) is 26.7 Å². The van der Waals surface area contributed by atoms with Gasteiger partial charge < -0.3 is 5.32 Å². The van der Waals surface area contributed by atoms with Crippen LogP contribution in [0.4, 0.5) is 13.9 Å². The van der Waals surface area contributed by atoms with Crippen molar-refractivity contribution >= 4 is 38.4 Å². The third-order valence-electron chi connectivity index (χ3n) is 4.25. The predicted octanol–water partition coefficient (Wildman–Crippen LogP) is 3.20. The SMILES string of the molecule is Cc1nc2ncnn2c(C)c1CCC(=O)Nc1nc2c(F)cc(F)cc2s1. The van der Waals surface area contributed by atoms with E-state index in [1.165, 1.54) is 12.4 Å². The molecule has 1 N–H and O–H groups in total. The first-order valence-corrected chi connectivity index (χ1v) is 8.95. The summed E-state index contributed by atoms with van der Waals surface area (Å²) in [5.74, 6) is -1.18. The second kappa shape index (κ2) is 6.62. The van der Waals surface area contributed by atoms with Gasteiger partial charge in [-0.2, -0.15) is 10.1 Å². The third kappa shape index (κ3) is 3.23. The summed E-state index contributed by atoms with van der Waals surface area (Å²) in [6, 6.07) is 1.96. The number of aryl methyl sites for hydroxylation is 2. The monoisotopic (exact) mass is 388 g/mol. The number of thiazole rings is 1. The van der Waals surface area contributed by atoms with Crippen molar-refractivity contribution in [2.75, 3.05) is 5.32 Å². The summed E-state index contributed by atoms with van der Waals surface area (Å²) in [5, 5.41) is 7.00. The number of rotatable bonds is 4. The average Bonchev–Trinajstić information content (AvgIpc) is 3.21. The normalized spacial score (nSPS) is 11.4. The number of hydrogen-bond acceptors (Lipinski definition) is 6. The number of anilines is 1. The highest BCUT2D eigenvalue weighted by molar-refractivity contribution is 7.22. The van der Waals surface area contributed by atoms with Gasteiger partial charge in [0.15, 0.2) is 10.9 Å². The molecule has 0 aliphatic rings. The van der Waals surface area contributed by atoms with Crippen LogP contribution in [0.15, 0.2) is 18.5 Å². The minimum atomic E-state index is -0.750. The molecule has 4 rings (SSSR count).